The Morgan fingerprint density at radius 1 is 0.889 bits per heavy atom. The summed E-state index contributed by atoms with van der Waals surface area (Å²) < 4.78 is 30.2. The number of hydrogen-bond acceptors (Lipinski definition) is 4. The lowest BCUT2D eigenvalue weighted by Crippen LogP contribution is -2.54. The summed E-state index contributed by atoms with van der Waals surface area (Å²) in [6, 6.07) is 28.8. The number of amides is 2. The maximum Gasteiger partial charge on any atom is 0.264 e. The molecule has 0 bridgehead atoms. The maximum absolute atomic E-state index is 14.5. The van der Waals surface area contributed by atoms with Crippen LogP contribution in [0.1, 0.15) is 37.0 Å². The minimum Gasteiger partial charge on any atom is -0.352 e. The summed E-state index contributed by atoms with van der Waals surface area (Å²) in [5.74, 6) is -0.825. The first kappa shape index (κ1) is 34.2. The zero-order valence-electron chi connectivity index (χ0n) is 25.5. The Kier molecular flexibility index (Phi) is 11.8. The SMILES string of the molecule is CC[C@@H](C)NC(=O)[C@@H](Cc1ccccc1)N(Cc1cccc(Br)c1)C(=O)CN(c1cccc(C)c1)S(=O)(=O)c1ccc(Cl)cc1. The molecule has 45 heavy (non-hydrogen) atoms. The van der Waals surface area contributed by atoms with Crippen LogP contribution in [0.4, 0.5) is 5.69 Å². The lowest BCUT2D eigenvalue weighted by atomic mass is 10.0. The molecule has 4 aromatic rings. The van der Waals surface area contributed by atoms with Crippen molar-refractivity contribution in [3.8, 4) is 0 Å². The molecule has 0 aliphatic rings. The lowest BCUT2D eigenvalue weighted by molar-refractivity contribution is -0.140. The molecule has 0 saturated carbocycles. The number of halogens is 2. The van der Waals surface area contributed by atoms with E-state index in [0.29, 0.717) is 17.1 Å². The van der Waals surface area contributed by atoms with Gasteiger partial charge in [-0.2, -0.15) is 0 Å². The summed E-state index contributed by atoms with van der Waals surface area (Å²) in [5, 5.41) is 3.44. The van der Waals surface area contributed by atoms with E-state index in [1.165, 1.54) is 29.2 Å². The van der Waals surface area contributed by atoms with Gasteiger partial charge in [-0.3, -0.25) is 13.9 Å². The van der Waals surface area contributed by atoms with Gasteiger partial charge in [-0.15, -0.1) is 0 Å². The highest BCUT2D eigenvalue weighted by atomic mass is 79.9. The number of benzene rings is 4. The van der Waals surface area contributed by atoms with Crippen molar-refractivity contribution in [2.24, 2.45) is 0 Å². The number of sulfonamides is 1. The number of carbonyl (C=O) groups is 2. The highest BCUT2D eigenvalue weighted by Crippen LogP contribution is 2.27. The minimum absolute atomic E-state index is 0.00454. The summed E-state index contributed by atoms with van der Waals surface area (Å²) in [6.07, 6.45) is 0.959. The van der Waals surface area contributed by atoms with Crippen molar-refractivity contribution in [1.29, 1.82) is 0 Å². The Balaban J connectivity index is 1.81. The first-order valence-electron chi connectivity index (χ1n) is 14.7. The Bertz CT molecular complexity index is 1720. The molecule has 0 aliphatic heterocycles. The van der Waals surface area contributed by atoms with Crippen LogP contribution in [-0.2, 0) is 32.6 Å². The molecule has 0 saturated heterocycles. The molecule has 1 N–H and O–H groups in total. The zero-order chi connectivity index (χ0) is 32.6. The van der Waals surface area contributed by atoms with E-state index in [0.717, 1.165) is 25.5 Å². The average Bonchev–Trinajstić information content (AvgIpc) is 3.02. The van der Waals surface area contributed by atoms with Crippen LogP contribution in [0.5, 0.6) is 0 Å². The van der Waals surface area contributed by atoms with Crippen molar-refractivity contribution < 1.29 is 18.0 Å². The predicted molar refractivity (Wildman–Crippen MR) is 184 cm³/mol. The summed E-state index contributed by atoms with van der Waals surface area (Å²) in [6.45, 7) is 5.31. The molecule has 0 aliphatic carbocycles. The summed E-state index contributed by atoms with van der Waals surface area (Å²) in [5.41, 5.74) is 2.83. The minimum atomic E-state index is -4.20. The van der Waals surface area contributed by atoms with Gasteiger partial charge in [0.2, 0.25) is 11.8 Å². The first-order valence-corrected chi connectivity index (χ1v) is 17.3. The van der Waals surface area contributed by atoms with Gasteiger partial charge in [0, 0.05) is 28.5 Å². The van der Waals surface area contributed by atoms with Crippen molar-refractivity contribution in [2.45, 2.75) is 57.1 Å². The fourth-order valence-electron chi connectivity index (χ4n) is 4.87. The van der Waals surface area contributed by atoms with E-state index in [1.807, 2.05) is 81.4 Å². The molecular weight excluding hydrogens is 674 g/mol. The van der Waals surface area contributed by atoms with E-state index < -0.39 is 28.5 Å². The topological polar surface area (TPSA) is 86.8 Å². The number of aryl methyl sites for hydroxylation is 1. The molecular formula is C35H37BrClN3O4S. The Labute approximate surface area is 279 Å². The number of hydrogen-bond donors (Lipinski definition) is 1. The standard InChI is InChI=1S/C35H37BrClN3O4S/c1-4-26(3)38-35(42)33(22-27-11-6-5-7-12-27)39(23-28-13-9-14-29(36)21-28)34(41)24-40(31-15-8-10-25(2)20-31)45(43,44)32-18-16-30(37)17-19-32/h5-21,26,33H,4,22-24H2,1-3H3,(H,38,42)/t26-,33-/m1/s1. The molecule has 4 aromatic carbocycles. The smallest absolute Gasteiger partial charge is 0.264 e. The monoisotopic (exact) mass is 709 g/mol. The third-order valence-electron chi connectivity index (χ3n) is 7.48. The van der Waals surface area contributed by atoms with Gasteiger partial charge in [-0.25, -0.2) is 8.42 Å². The quantitative estimate of drug-likeness (QED) is 0.160. The van der Waals surface area contributed by atoms with Gasteiger partial charge in [-0.05, 0) is 85.5 Å². The van der Waals surface area contributed by atoms with Gasteiger partial charge in [0.1, 0.15) is 12.6 Å². The number of anilines is 1. The van der Waals surface area contributed by atoms with Crippen molar-refractivity contribution in [2.75, 3.05) is 10.8 Å². The molecule has 0 unspecified atom stereocenters. The highest BCUT2D eigenvalue weighted by molar-refractivity contribution is 9.10. The number of nitrogens with one attached hydrogen (secondary N) is 1. The largest absolute Gasteiger partial charge is 0.352 e. The number of rotatable bonds is 13. The molecule has 2 atom stereocenters. The molecule has 2 amide bonds. The Morgan fingerprint density at radius 2 is 1.56 bits per heavy atom. The maximum atomic E-state index is 14.5. The Hall–Kier alpha value is -3.66. The fourth-order valence-corrected chi connectivity index (χ4v) is 6.85. The van der Waals surface area contributed by atoms with E-state index in [1.54, 1.807) is 18.2 Å². The molecule has 236 valence electrons. The molecule has 7 nitrogen and oxygen atoms in total. The molecule has 4 rings (SSSR count). The number of nitrogens with zero attached hydrogens (tertiary/aromatic N) is 2. The highest BCUT2D eigenvalue weighted by Gasteiger charge is 2.35. The average molecular weight is 711 g/mol. The van der Waals surface area contributed by atoms with Crippen molar-refractivity contribution in [3.63, 3.8) is 0 Å². The van der Waals surface area contributed by atoms with Crippen molar-refractivity contribution in [3.05, 3.63) is 129 Å². The van der Waals surface area contributed by atoms with E-state index in [9.17, 15) is 18.0 Å². The van der Waals surface area contributed by atoms with Gasteiger partial charge < -0.3 is 10.2 Å². The van der Waals surface area contributed by atoms with E-state index in [-0.39, 0.29) is 29.8 Å². The van der Waals surface area contributed by atoms with Crippen LogP contribution in [0.25, 0.3) is 0 Å². The zero-order valence-corrected chi connectivity index (χ0v) is 28.6. The van der Waals surface area contributed by atoms with Crippen LogP contribution in [0.3, 0.4) is 0 Å². The molecule has 0 radical (unpaired) electrons. The van der Waals surface area contributed by atoms with Crippen LogP contribution in [0, 0.1) is 6.92 Å². The van der Waals surface area contributed by atoms with Crippen LogP contribution >= 0.6 is 27.5 Å². The fraction of sp³-hybridized carbons (Fsp3) is 0.257. The van der Waals surface area contributed by atoms with Gasteiger partial charge in [0.25, 0.3) is 10.0 Å². The second kappa shape index (κ2) is 15.6. The third kappa shape index (κ3) is 9.19. The van der Waals surface area contributed by atoms with Crippen molar-refractivity contribution >= 4 is 55.1 Å². The molecule has 0 spiro atoms. The molecule has 0 heterocycles. The summed E-state index contributed by atoms with van der Waals surface area (Å²) >= 11 is 9.57. The first-order chi connectivity index (χ1) is 21.5. The second-order valence-corrected chi connectivity index (χ2v) is 14.2. The summed E-state index contributed by atoms with van der Waals surface area (Å²) in [4.78, 5) is 29.9. The van der Waals surface area contributed by atoms with Crippen LogP contribution in [-0.4, -0.2) is 43.8 Å². The van der Waals surface area contributed by atoms with Crippen molar-refractivity contribution in [1.82, 2.24) is 10.2 Å². The molecule has 0 aromatic heterocycles. The van der Waals surface area contributed by atoms with Gasteiger partial charge in [0.05, 0.1) is 10.6 Å². The van der Waals surface area contributed by atoms with Gasteiger partial charge >= 0.3 is 0 Å². The van der Waals surface area contributed by atoms with Gasteiger partial charge in [0.15, 0.2) is 0 Å². The molecule has 0 fully saturated rings. The summed E-state index contributed by atoms with van der Waals surface area (Å²) in [7, 11) is -4.20. The van der Waals surface area contributed by atoms with E-state index in [4.69, 9.17) is 11.6 Å². The number of carbonyl (C=O) groups excluding carboxylic acids is 2. The molecule has 10 heteroatoms. The van der Waals surface area contributed by atoms with E-state index in [2.05, 4.69) is 21.2 Å². The normalized spacial score (nSPS) is 12.6. The second-order valence-electron chi connectivity index (χ2n) is 11.0. The van der Waals surface area contributed by atoms with Crippen LogP contribution in [0.2, 0.25) is 5.02 Å². The van der Waals surface area contributed by atoms with Crippen LogP contribution < -0.4 is 9.62 Å². The van der Waals surface area contributed by atoms with E-state index >= 15 is 0 Å². The predicted octanol–water partition coefficient (Wildman–Crippen LogP) is 7.16. The Morgan fingerprint density at radius 3 is 2.20 bits per heavy atom. The van der Waals surface area contributed by atoms with Crippen LogP contribution in [0.15, 0.2) is 112 Å². The van der Waals surface area contributed by atoms with Gasteiger partial charge in [-0.1, -0.05) is 89.1 Å². The lowest BCUT2D eigenvalue weighted by Gasteiger charge is -2.34. The third-order valence-corrected chi connectivity index (χ3v) is 10.0.